The number of ether oxygens (including phenoxy) is 2. The number of hydrogen-bond acceptors (Lipinski definition) is 6. The SMILES string of the molecule is CC[C@H](C(=O)NC(C)C)N(Cc1ccccc1C)C(=O)CN(c1ccc2c(c1)OCCO2)S(=O)(=O)c1ccccc1. The van der Waals surface area contributed by atoms with Crippen molar-refractivity contribution in [1.29, 1.82) is 0 Å². The van der Waals surface area contributed by atoms with Crippen molar-refractivity contribution < 1.29 is 27.5 Å². The lowest BCUT2D eigenvalue weighted by molar-refractivity contribution is -0.140. The van der Waals surface area contributed by atoms with E-state index in [1.165, 1.54) is 17.0 Å². The highest BCUT2D eigenvalue weighted by atomic mass is 32.2. The third-order valence-electron chi connectivity index (χ3n) is 6.84. The summed E-state index contributed by atoms with van der Waals surface area (Å²) < 4.78 is 40.4. The lowest BCUT2D eigenvalue weighted by Gasteiger charge is -2.34. The van der Waals surface area contributed by atoms with E-state index >= 15 is 0 Å². The minimum atomic E-state index is -4.17. The van der Waals surface area contributed by atoms with Crippen LogP contribution < -0.4 is 19.1 Å². The van der Waals surface area contributed by atoms with Crippen LogP contribution in [0, 0.1) is 6.92 Å². The van der Waals surface area contributed by atoms with Crippen LogP contribution in [-0.4, -0.2) is 57.0 Å². The van der Waals surface area contributed by atoms with Crippen LogP contribution in [0.4, 0.5) is 5.69 Å². The summed E-state index contributed by atoms with van der Waals surface area (Å²) in [4.78, 5) is 29.0. The van der Waals surface area contributed by atoms with Crippen molar-refractivity contribution >= 4 is 27.5 Å². The van der Waals surface area contributed by atoms with E-state index < -0.39 is 28.5 Å². The molecular weight excluding hydrogens is 542 g/mol. The molecule has 4 rings (SSSR count). The largest absolute Gasteiger partial charge is 0.486 e. The Kier molecular flexibility index (Phi) is 9.54. The second-order valence-electron chi connectivity index (χ2n) is 10.2. The molecule has 0 bridgehead atoms. The number of amides is 2. The number of carbonyl (C=O) groups is 2. The van der Waals surface area contributed by atoms with E-state index in [-0.39, 0.29) is 29.1 Å². The summed E-state index contributed by atoms with van der Waals surface area (Å²) in [6, 6.07) is 19.5. The Balaban J connectivity index is 1.77. The van der Waals surface area contributed by atoms with E-state index in [4.69, 9.17) is 9.47 Å². The lowest BCUT2D eigenvalue weighted by Crippen LogP contribution is -2.53. The quantitative estimate of drug-likeness (QED) is 0.363. The molecule has 0 unspecified atom stereocenters. The van der Waals surface area contributed by atoms with Gasteiger partial charge in [-0.3, -0.25) is 13.9 Å². The van der Waals surface area contributed by atoms with Crippen molar-refractivity contribution in [2.45, 2.75) is 57.6 Å². The number of aryl methyl sites for hydroxylation is 1. The first kappa shape index (κ1) is 29.9. The van der Waals surface area contributed by atoms with Crippen molar-refractivity contribution in [2.75, 3.05) is 24.1 Å². The predicted octanol–water partition coefficient (Wildman–Crippen LogP) is 4.29. The normalized spacial score (nSPS) is 13.4. The molecule has 0 aromatic heterocycles. The molecule has 41 heavy (non-hydrogen) atoms. The van der Waals surface area contributed by atoms with Crippen molar-refractivity contribution in [2.24, 2.45) is 0 Å². The highest BCUT2D eigenvalue weighted by Gasteiger charge is 2.34. The first-order chi connectivity index (χ1) is 19.6. The Morgan fingerprint density at radius 1 is 0.927 bits per heavy atom. The summed E-state index contributed by atoms with van der Waals surface area (Å²) in [5, 5.41) is 2.91. The molecule has 1 heterocycles. The van der Waals surface area contributed by atoms with E-state index in [1.54, 1.807) is 36.4 Å². The van der Waals surface area contributed by atoms with E-state index in [0.717, 1.165) is 15.4 Å². The summed E-state index contributed by atoms with van der Waals surface area (Å²) in [6.07, 6.45) is 0.353. The van der Waals surface area contributed by atoms with Crippen molar-refractivity contribution in [3.8, 4) is 11.5 Å². The fourth-order valence-electron chi connectivity index (χ4n) is 4.71. The monoisotopic (exact) mass is 579 g/mol. The Labute approximate surface area is 242 Å². The molecular formula is C31H37N3O6S. The smallest absolute Gasteiger partial charge is 0.264 e. The number of nitrogens with one attached hydrogen (secondary N) is 1. The molecule has 3 aromatic carbocycles. The van der Waals surface area contributed by atoms with Gasteiger partial charge in [0.25, 0.3) is 10.0 Å². The number of nitrogens with zero attached hydrogens (tertiary/aromatic N) is 2. The van der Waals surface area contributed by atoms with Gasteiger partial charge in [0, 0.05) is 18.7 Å². The van der Waals surface area contributed by atoms with Gasteiger partial charge in [0.2, 0.25) is 11.8 Å². The highest BCUT2D eigenvalue weighted by molar-refractivity contribution is 7.92. The topological polar surface area (TPSA) is 105 Å². The molecule has 3 aromatic rings. The predicted molar refractivity (Wildman–Crippen MR) is 157 cm³/mol. The number of hydrogen-bond donors (Lipinski definition) is 1. The van der Waals surface area contributed by atoms with E-state index in [1.807, 2.05) is 52.0 Å². The molecule has 1 N–H and O–H groups in total. The molecule has 1 aliphatic rings. The minimum Gasteiger partial charge on any atom is -0.486 e. The van der Waals surface area contributed by atoms with Gasteiger partial charge in [0.1, 0.15) is 25.8 Å². The number of benzene rings is 3. The summed E-state index contributed by atoms with van der Waals surface area (Å²) in [6.45, 7) is 7.83. The molecule has 10 heteroatoms. The Hall–Kier alpha value is -4.05. The van der Waals surface area contributed by atoms with Crippen LogP contribution in [0.5, 0.6) is 11.5 Å². The van der Waals surface area contributed by atoms with Crippen LogP contribution in [0.2, 0.25) is 0 Å². The zero-order valence-corrected chi connectivity index (χ0v) is 24.7. The molecule has 1 aliphatic heterocycles. The highest BCUT2D eigenvalue weighted by Crippen LogP contribution is 2.36. The summed E-state index contributed by atoms with van der Waals surface area (Å²) in [7, 11) is -4.17. The van der Waals surface area contributed by atoms with Gasteiger partial charge in [0.15, 0.2) is 11.5 Å². The molecule has 218 valence electrons. The molecule has 0 saturated carbocycles. The van der Waals surface area contributed by atoms with Crippen LogP contribution >= 0.6 is 0 Å². The number of fused-ring (bicyclic) bond motifs is 1. The third kappa shape index (κ3) is 7.00. The zero-order valence-electron chi connectivity index (χ0n) is 23.9. The number of anilines is 1. The Morgan fingerprint density at radius 3 is 2.24 bits per heavy atom. The van der Waals surface area contributed by atoms with Gasteiger partial charge in [-0.25, -0.2) is 8.42 Å². The van der Waals surface area contributed by atoms with Crippen LogP contribution in [0.3, 0.4) is 0 Å². The van der Waals surface area contributed by atoms with Crippen LogP contribution in [-0.2, 0) is 26.2 Å². The van der Waals surface area contributed by atoms with Crippen LogP contribution in [0.15, 0.2) is 77.7 Å². The first-order valence-electron chi connectivity index (χ1n) is 13.7. The van der Waals surface area contributed by atoms with E-state index in [2.05, 4.69) is 5.32 Å². The molecule has 0 aliphatic carbocycles. The van der Waals surface area contributed by atoms with Gasteiger partial charge in [-0.1, -0.05) is 49.4 Å². The van der Waals surface area contributed by atoms with Crippen molar-refractivity contribution in [1.82, 2.24) is 10.2 Å². The molecule has 0 fully saturated rings. The summed E-state index contributed by atoms with van der Waals surface area (Å²) in [5.74, 6) is 0.101. The van der Waals surface area contributed by atoms with Crippen LogP contribution in [0.1, 0.15) is 38.3 Å². The number of sulfonamides is 1. The van der Waals surface area contributed by atoms with E-state index in [0.29, 0.717) is 31.1 Å². The minimum absolute atomic E-state index is 0.0396. The van der Waals surface area contributed by atoms with Crippen molar-refractivity contribution in [3.05, 3.63) is 83.9 Å². The average molecular weight is 580 g/mol. The number of rotatable bonds is 11. The molecule has 2 amide bonds. The Morgan fingerprint density at radius 2 is 1.59 bits per heavy atom. The summed E-state index contributed by atoms with van der Waals surface area (Å²) >= 11 is 0. The third-order valence-corrected chi connectivity index (χ3v) is 8.63. The fraction of sp³-hybridized carbons (Fsp3) is 0.355. The summed E-state index contributed by atoms with van der Waals surface area (Å²) in [5.41, 5.74) is 2.08. The standard InChI is InChI=1S/C31H37N3O6S/c1-5-27(31(36)32-22(2)3)33(20-24-12-10-9-11-23(24)4)30(35)21-34(41(37,38)26-13-7-6-8-14-26)25-15-16-28-29(19-25)40-18-17-39-28/h6-16,19,22,27H,5,17-18,20-21H2,1-4H3,(H,32,36)/t27-/m1/s1. The van der Waals surface area contributed by atoms with Crippen LogP contribution in [0.25, 0.3) is 0 Å². The molecule has 0 spiro atoms. The van der Waals surface area contributed by atoms with Gasteiger partial charge in [-0.15, -0.1) is 0 Å². The Bertz CT molecular complexity index is 1480. The number of carbonyl (C=O) groups excluding carboxylic acids is 2. The molecule has 0 radical (unpaired) electrons. The van der Waals surface area contributed by atoms with Gasteiger partial charge < -0.3 is 19.7 Å². The molecule has 9 nitrogen and oxygen atoms in total. The zero-order chi connectivity index (χ0) is 29.6. The van der Waals surface area contributed by atoms with Gasteiger partial charge in [-0.05, 0) is 62.6 Å². The first-order valence-corrected chi connectivity index (χ1v) is 15.2. The van der Waals surface area contributed by atoms with Gasteiger partial charge in [0.05, 0.1) is 10.6 Å². The maximum Gasteiger partial charge on any atom is 0.264 e. The second-order valence-corrected chi connectivity index (χ2v) is 12.1. The average Bonchev–Trinajstić information content (AvgIpc) is 2.96. The lowest BCUT2D eigenvalue weighted by atomic mass is 10.1. The molecule has 0 saturated heterocycles. The van der Waals surface area contributed by atoms with Crippen molar-refractivity contribution in [3.63, 3.8) is 0 Å². The fourth-order valence-corrected chi connectivity index (χ4v) is 6.13. The van der Waals surface area contributed by atoms with Gasteiger partial charge in [-0.2, -0.15) is 0 Å². The van der Waals surface area contributed by atoms with E-state index in [9.17, 15) is 18.0 Å². The second kappa shape index (κ2) is 13.1. The maximum atomic E-state index is 14.2. The molecule has 1 atom stereocenters. The maximum absolute atomic E-state index is 14.2. The van der Waals surface area contributed by atoms with Gasteiger partial charge >= 0.3 is 0 Å².